The third-order valence-electron chi connectivity index (χ3n) is 2.28. The first-order valence-electron chi connectivity index (χ1n) is 4.71. The average molecular weight is 204 g/mol. The first-order valence-corrected chi connectivity index (χ1v) is 5.59. The maximum absolute atomic E-state index is 10.8. The fraction of sp³-hybridized carbons (Fsp3) is 0.250. The number of aryl methyl sites for hydroxylation is 1. The van der Waals surface area contributed by atoms with Gasteiger partial charge in [-0.05, 0) is 41.8 Å². The molecule has 1 aromatic heterocycles. The van der Waals surface area contributed by atoms with Gasteiger partial charge in [-0.2, -0.15) is 0 Å². The first-order chi connectivity index (χ1) is 6.75. The first kappa shape index (κ1) is 9.41. The molecule has 0 radical (unpaired) electrons. The van der Waals surface area contributed by atoms with Crippen molar-refractivity contribution >= 4 is 27.2 Å². The standard InChI is InChI=1S/C12H12OS/c1-9(13)2-3-10-4-5-12-11(8-10)6-7-14-12/h4-8H,2-3H2,1H3. The van der Waals surface area contributed by atoms with Crippen molar-refractivity contribution in [2.45, 2.75) is 19.8 Å². The van der Waals surface area contributed by atoms with E-state index < -0.39 is 0 Å². The van der Waals surface area contributed by atoms with Crippen molar-refractivity contribution in [3.8, 4) is 0 Å². The van der Waals surface area contributed by atoms with Crippen LogP contribution in [0.1, 0.15) is 18.9 Å². The number of benzene rings is 1. The summed E-state index contributed by atoms with van der Waals surface area (Å²) in [5, 5.41) is 3.38. The van der Waals surface area contributed by atoms with Crippen LogP contribution in [-0.2, 0) is 11.2 Å². The fourth-order valence-corrected chi connectivity index (χ4v) is 2.26. The molecule has 14 heavy (non-hydrogen) atoms. The smallest absolute Gasteiger partial charge is 0.130 e. The van der Waals surface area contributed by atoms with E-state index in [9.17, 15) is 4.79 Å². The van der Waals surface area contributed by atoms with Gasteiger partial charge in [0, 0.05) is 11.1 Å². The Balaban J connectivity index is 2.21. The predicted molar refractivity (Wildman–Crippen MR) is 60.8 cm³/mol. The van der Waals surface area contributed by atoms with Crippen molar-refractivity contribution in [2.75, 3.05) is 0 Å². The Morgan fingerprint density at radius 2 is 2.21 bits per heavy atom. The lowest BCUT2D eigenvalue weighted by Gasteiger charge is -1.98. The molecule has 0 spiro atoms. The lowest BCUT2D eigenvalue weighted by molar-refractivity contribution is -0.116. The van der Waals surface area contributed by atoms with E-state index in [-0.39, 0.29) is 5.78 Å². The zero-order valence-corrected chi connectivity index (χ0v) is 8.93. The summed E-state index contributed by atoms with van der Waals surface area (Å²) in [7, 11) is 0. The number of carbonyl (C=O) groups excluding carboxylic acids is 1. The van der Waals surface area contributed by atoms with Crippen LogP contribution in [0.3, 0.4) is 0 Å². The van der Waals surface area contributed by atoms with Gasteiger partial charge in [0.15, 0.2) is 0 Å². The molecule has 2 aromatic rings. The number of Topliss-reactive ketones (excluding diaryl/α,β-unsaturated/α-hetero) is 1. The maximum atomic E-state index is 10.8. The Morgan fingerprint density at radius 3 is 3.00 bits per heavy atom. The number of fused-ring (bicyclic) bond motifs is 1. The third kappa shape index (κ3) is 2.02. The molecule has 0 aliphatic rings. The van der Waals surface area contributed by atoms with Gasteiger partial charge in [-0.25, -0.2) is 0 Å². The van der Waals surface area contributed by atoms with Crippen molar-refractivity contribution in [3.05, 3.63) is 35.2 Å². The number of carbonyl (C=O) groups is 1. The lowest BCUT2D eigenvalue weighted by atomic mass is 10.1. The number of rotatable bonds is 3. The van der Waals surface area contributed by atoms with Crippen molar-refractivity contribution in [2.24, 2.45) is 0 Å². The minimum Gasteiger partial charge on any atom is -0.300 e. The van der Waals surface area contributed by atoms with E-state index in [0.717, 1.165) is 6.42 Å². The molecule has 1 aromatic carbocycles. The molecule has 0 bridgehead atoms. The molecule has 1 nitrogen and oxygen atoms in total. The molecule has 2 heteroatoms. The van der Waals surface area contributed by atoms with Crippen LogP contribution in [0.25, 0.3) is 10.1 Å². The number of hydrogen-bond acceptors (Lipinski definition) is 2. The summed E-state index contributed by atoms with van der Waals surface area (Å²) < 4.78 is 1.32. The Morgan fingerprint density at radius 1 is 1.36 bits per heavy atom. The van der Waals surface area contributed by atoms with Crippen LogP contribution in [0.15, 0.2) is 29.6 Å². The van der Waals surface area contributed by atoms with Crippen molar-refractivity contribution in [3.63, 3.8) is 0 Å². The van der Waals surface area contributed by atoms with Gasteiger partial charge >= 0.3 is 0 Å². The highest BCUT2D eigenvalue weighted by molar-refractivity contribution is 7.17. The van der Waals surface area contributed by atoms with E-state index in [0.29, 0.717) is 6.42 Å². The van der Waals surface area contributed by atoms with Crippen molar-refractivity contribution in [1.82, 2.24) is 0 Å². The number of thiophene rings is 1. The van der Waals surface area contributed by atoms with Crippen LogP contribution in [0.2, 0.25) is 0 Å². The predicted octanol–water partition coefficient (Wildman–Crippen LogP) is 3.42. The molecule has 0 saturated carbocycles. The topological polar surface area (TPSA) is 17.1 Å². The highest BCUT2D eigenvalue weighted by atomic mass is 32.1. The molecule has 0 amide bonds. The van der Waals surface area contributed by atoms with E-state index >= 15 is 0 Å². The molecule has 0 saturated heterocycles. The minimum atomic E-state index is 0.260. The molecule has 0 N–H and O–H groups in total. The van der Waals surface area contributed by atoms with Gasteiger partial charge < -0.3 is 4.79 Å². The van der Waals surface area contributed by atoms with Gasteiger partial charge in [-0.15, -0.1) is 11.3 Å². The quantitative estimate of drug-likeness (QED) is 0.748. The second-order valence-electron chi connectivity index (χ2n) is 3.49. The zero-order valence-electron chi connectivity index (χ0n) is 8.12. The van der Waals surface area contributed by atoms with Gasteiger partial charge in [0.2, 0.25) is 0 Å². The van der Waals surface area contributed by atoms with E-state index in [2.05, 4.69) is 29.6 Å². The van der Waals surface area contributed by atoms with Gasteiger partial charge in [-0.3, -0.25) is 0 Å². The molecule has 72 valence electrons. The fourth-order valence-electron chi connectivity index (χ4n) is 1.49. The molecular formula is C12H12OS. The molecule has 0 fully saturated rings. The van der Waals surface area contributed by atoms with Crippen LogP contribution < -0.4 is 0 Å². The summed E-state index contributed by atoms with van der Waals surface area (Å²) >= 11 is 1.75. The highest BCUT2D eigenvalue weighted by Gasteiger charge is 1.99. The zero-order chi connectivity index (χ0) is 9.97. The second-order valence-corrected chi connectivity index (χ2v) is 4.44. The van der Waals surface area contributed by atoms with E-state index in [1.165, 1.54) is 15.6 Å². The summed E-state index contributed by atoms with van der Waals surface area (Å²) in [6.07, 6.45) is 1.51. The monoisotopic (exact) mass is 204 g/mol. The van der Waals surface area contributed by atoms with E-state index in [1.807, 2.05) is 0 Å². The molecule has 1 heterocycles. The summed E-state index contributed by atoms with van der Waals surface area (Å²) in [6, 6.07) is 8.54. The second kappa shape index (κ2) is 3.93. The van der Waals surface area contributed by atoms with Gasteiger partial charge in [0.1, 0.15) is 5.78 Å². The summed E-state index contributed by atoms with van der Waals surface area (Å²) in [5.41, 5.74) is 1.26. The normalized spacial score (nSPS) is 10.6. The molecule has 0 atom stereocenters. The molecule has 0 aliphatic heterocycles. The Labute approximate surface area is 87.4 Å². The summed E-state index contributed by atoms with van der Waals surface area (Å²) in [4.78, 5) is 10.8. The Kier molecular flexibility index (Phi) is 2.64. The molecule has 0 unspecified atom stereocenters. The van der Waals surface area contributed by atoms with Crippen LogP contribution in [0.5, 0.6) is 0 Å². The maximum Gasteiger partial charge on any atom is 0.130 e. The minimum absolute atomic E-state index is 0.260. The largest absolute Gasteiger partial charge is 0.300 e. The molecule has 2 rings (SSSR count). The van der Waals surface area contributed by atoms with Crippen LogP contribution >= 0.6 is 11.3 Å². The molecule has 0 aliphatic carbocycles. The van der Waals surface area contributed by atoms with E-state index in [1.54, 1.807) is 18.3 Å². The Hall–Kier alpha value is -1.15. The number of ketones is 1. The summed E-state index contributed by atoms with van der Waals surface area (Å²) in [6.45, 7) is 1.64. The SMILES string of the molecule is CC(=O)CCc1ccc2sccc2c1. The van der Waals surface area contributed by atoms with Crippen molar-refractivity contribution in [1.29, 1.82) is 0 Å². The van der Waals surface area contributed by atoms with Crippen LogP contribution in [0.4, 0.5) is 0 Å². The van der Waals surface area contributed by atoms with E-state index in [4.69, 9.17) is 0 Å². The number of hydrogen-bond donors (Lipinski definition) is 0. The highest BCUT2D eigenvalue weighted by Crippen LogP contribution is 2.22. The van der Waals surface area contributed by atoms with Gasteiger partial charge in [0.05, 0.1) is 0 Å². The lowest BCUT2D eigenvalue weighted by Crippen LogP contribution is -1.93. The third-order valence-corrected chi connectivity index (χ3v) is 3.18. The van der Waals surface area contributed by atoms with Gasteiger partial charge in [0.25, 0.3) is 0 Å². The average Bonchev–Trinajstić information content (AvgIpc) is 2.61. The van der Waals surface area contributed by atoms with Crippen LogP contribution in [-0.4, -0.2) is 5.78 Å². The Bertz CT molecular complexity index is 456. The summed E-state index contributed by atoms with van der Waals surface area (Å²) in [5.74, 6) is 0.260. The molecular weight excluding hydrogens is 192 g/mol. The van der Waals surface area contributed by atoms with Crippen LogP contribution in [0, 0.1) is 0 Å². The van der Waals surface area contributed by atoms with Crippen molar-refractivity contribution < 1.29 is 4.79 Å². The van der Waals surface area contributed by atoms with Gasteiger partial charge in [-0.1, -0.05) is 12.1 Å².